The summed E-state index contributed by atoms with van der Waals surface area (Å²) in [6.45, 7) is 6.21. The maximum absolute atomic E-state index is 12.7. The average Bonchev–Trinajstić information content (AvgIpc) is 2.61. The Hall–Kier alpha value is -3.09. The molecule has 0 aliphatic rings. The normalized spacial score (nSPS) is 10.5. The standard InChI is InChI=1S/C19H22N2O5/c1-5-26-18-10-15(16(21(23)24)11-17(18)25-4)19(22)20-14-8-6-7-13(9-14)12(2)3/h6-12H,5H2,1-4H3,(H,20,22). The first kappa shape index (κ1) is 19.2. The smallest absolute Gasteiger partial charge is 0.286 e. The van der Waals surface area contributed by atoms with Crippen LogP contribution in [-0.4, -0.2) is 24.5 Å². The van der Waals surface area contributed by atoms with E-state index in [0.717, 1.165) is 5.56 Å². The summed E-state index contributed by atoms with van der Waals surface area (Å²) in [5, 5.41) is 14.1. The summed E-state index contributed by atoms with van der Waals surface area (Å²) in [6, 6.07) is 9.92. The molecule has 1 amide bonds. The highest BCUT2D eigenvalue weighted by atomic mass is 16.6. The summed E-state index contributed by atoms with van der Waals surface area (Å²) >= 11 is 0. The van der Waals surface area contributed by atoms with E-state index in [-0.39, 0.29) is 22.7 Å². The Labute approximate surface area is 152 Å². The molecule has 0 heterocycles. The molecule has 0 aromatic heterocycles. The van der Waals surface area contributed by atoms with E-state index in [1.165, 1.54) is 19.2 Å². The predicted octanol–water partition coefficient (Wildman–Crippen LogP) is 4.38. The molecule has 0 spiro atoms. The maximum Gasteiger partial charge on any atom is 0.286 e. The van der Waals surface area contributed by atoms with Gasteiger partial charge in [-0.15, -0.1) is 0 Å². The van der Waals surface area contributed by atoms with Crippen molar-refractivity contribution in [3.05, 3.63) is 57.6 Å². The Morgan fingerprint density at radius 2 is 1.96 bits per heavy atom. The monoisotopic (exact) mass is 358 g/mol. The van der Waals surface area contributed by atoms with Crippen molar-refractivity contribution >= 4 is 17.3 Å². The Balaban J connectivity index is 2.42. The van der Waals surface area contributed by atoms with Crippen LogP contribution in [0.3, 0.4) is 0 Å². The molecule has 0 saturated carbocycles. The van der Waals surface area contributed by atoms with E-state index < -0.39 is 10.8 Å². The van der Waals surface area contributed by atoms with E-state index in [2.05, 4.69) is 5.32 Å². The van der Waals surface area contributed by atoms with Gasteiger partial charge in [-0.25, -0.2) is 0 Å². The molecule has 138 valence electrons. The summed E-state index contributed by atoms with van der Waals surface area (Å²) in [6.07, 6.45) is 0. The van der Waals surface area contributed by atoms with Crippen molar-refractivity contribution in [1.29, 1.82) is 0 Å². The van der Waals surface area contributed by atoms with Crippen molar-refractivity contribution in [2.24, 2.45) is 0 Å². The maximum atomic E-state index is 12.7. The quantitative estimate of drug-likeness (QED) is 0.586. The number of nitrogens with zero attached hydrogens (tertiary/aromatic N) is 1. The van der Waals surface area contributed by atoms with E-state index in [1.54, 1.807) is 13.0 Å². The number of carbonyl (C=O) groups is 1. The highest BCUT2D eigenvalue weighted by Crippen LogP contribution is 2.35. The minimum absolute atomic E-state index is 0.0887. The summed E-state index contributed by atoms with van der Waals surface area (Å²) in [7, 11) is 1.39. The molecule has 0 aliphatic heterocycles. The van der Waals surface area contributed by atoms with Gasteiger partial charge < -0.3 is 14.8 Å². The summed E-state index contributed by atoms with van der Waals surface area (Å²) in [4.78, 5) is 23.4. The minimum atomic E-state index is -0.613. The Bertz CT molecular complexity index is 818. The van der Waals surface area contributed by atoms with Gasteiger partial charge in [0.05, 0.1) is 24.7 Å². The number of ether oxygens (including phenoxy) is 2. The molecule has 1 N–H and O–H groups in total. The third-order valence-electron chi connectivity index (χ3n) is 3.83. The van der Waals surface area contributed by atoms with Gasteiger partial charge in [-0.3, -0.25) is 14.9 Å². The van der Waals surface area contributed by atoms with E-state index in [9.17, 15) is 14.9 Å². The van der Waals surface area contributed by atoms with Gasteiger partial charge in [0.2, 0.25) is 0 Å². The number of rotatable bonds is 7. The van der Waals surface area contributed by atoms with E-state index in [4.69, 9.17) is 9.47 Å². The second-order valence-corrected chi connectivity index (χ2v) is 5.94. The highest BCUT2D eigenvalue weighted by Gasteiger charge is 2.25. The first-order valence-electron chi connectivity index (χ1n) is 8.27. The SMILES string of the molecule is CCOc1cc(C(=O)Nc2cccc(C(C)C)c2)c([N+](=O)[O-])cc1OC. The van der Waals surface area contributed by atoms with Gasteiger partial charge in [-0.1, -0.05) is 26.0 Å². The summed E-state index contributed by atoms with van der Waals surface area (Å²) in [5.41, 5.74) is 1.20. The molecule has 7 nitrogen and oxygen atoms in total. The number of nitro benzene ring substituents is 1. The summed E-state index contributed by atoms with van der Waals surface area (Å²) in [5.74, 6) is 0.200. The van der Waals surface area contributed by atoms with Crippen molar-refractivity contribution in [2.75, 3.05) is 19.0 Å². The largest absolute Gasteiger partial charge is 0.493 e. The molecular weight excluding hydrogens is 336 g/mol. The molecule has 0 bridgehead atoms. The topological polar surface area (TPSA) is 90.7 Å². The van der Waals surface area contributed by atoms with Crippen molar-refractivity contribution < 1.29 is 19.2 Å². The molecule has 26 heavy (non-hydrogen) atoms. The number of nitrogens with one attached hydrogen (secondary N) is 1. The second kappa shape index (κ2) is 8.33. The molecule has 0 fully saturated rings. The minimum Gasteiger partial charge on any atom is -0.493 e. The van der Waals surface area contributed by atoms with Crippen LogP contribution in [0.25, 0.3) is 0 Å². The molecule has 0 radical (unpaired) electrons. The van der Waals surface area contributed by atoms with Crippen LogP contribution in [0, 0.1) is 10.1 Å². The highest BCUT2D eigenvalue weighted by molar-refractivity contribution is 6.07. The number of carbonyl (C=O) groups excluding carboxylic acids is 1. The van der Waals surface area contributed by atoms with Gasteiger partial charge in [-0.05, 0) is 30.5 Å². The number of anilines is 1. The molecule has 0 saturated heterocycles. The fraction of sp³-hybridized carbons (Fsp3) is 0.316. The molecule has 0 unspecified atom stereocenters. The number of amides is 1. The lowest BCUT2D eigenvalue weighted by Crippen LogP contribution is -2.15. The van der Waals surface area contributed by atoms with Crippen molar-refractivity contribution in [3.8, 4) is 11.5 Å². The van der Waals surface area contributed by atoms with E-state index in [0.29, 0.717) is 18.2 Å². The first-order chi connectivity index (χ1) is 12.4. The lowest BCUT2D eigenvalue weighted by Gasteiger charge is -2.13. The Kier molecular flexibility index (Phi) is 6.16. The number of hydrogen-bond acceptors (Lipinski definition) is 5. The van der Waals surface area contributed by atoms with Gasteiger partial charge in [0.1, 0.15) is 5.56 Å². The zero-order valence-electron chi connectivity index (χ0n) is 15.2. The molecule has 2 aromatic carbocycles. The fourth-order valence-corrected chi connectivity index (χ4v) is 2.48. The number of benzene rings is 2. The molecular formula is C19H22N2O5. The Morgan fingerprint density at radius 1 is 1.23 bits per heavy atom. The van der Waals surface area contributed by atoms with Crippen LogP contribution in [0.4, 0.5) is 11.4 Å². The number of methoxy groups -OCH3 is 1. The first-order valence-corrected chi connectivity index (χ1v) is 8.27. The molecule has 0 aliphatic carbocycles. The van der Waals surface area contributed by atoms with Crippen LogP contribution >= 0.6 is 0 Å². The van der Waals surface area contributed by atoms with Gasteiger partial charge in [0.15, 0.2) is 11.5 Å². The predicted molar refractivity (Wildman–Crippen MR) is 99.3 cm³/mol. The van der Waals surface area contributed by atoms with Crippen LogP contribution in [0.15, 0.2) is 36.4 Å². The van der Waals surface area contributed by atoms with Gasteiger partial charge in [0.25, 0.3) is 11.6 Å². The third kappa shape index (κ3) is 4.30. The van der Waals surface area contributed by atoms with Gasteiger partial charge in [0, 0.05) is 11.8 Å². The van der Waals surface area contributed by atoms with Crippen LogP contribution in [0.1, 0.15) is 42.6 Å². The van der Waals surface area contributed by atoms with Crippen molar-refractivity contribution in [1.82, 2.24) is 0 Å². The zero-order valence-corrected chi connectivity index (χ0v) is 15.2. The molecule has 2 rings (SSSR count). The molecule has 0 atom stereocenters. The zero-order chi connectivity index (χ0) is 19.3. The van der Waals surface area contributed by atoms with E-state index >= 15 is 0 Å². The molecule has 7 heteroatoms. The van der Waals surface area contributed by atoms with Gasteiger partial charge >= 0.3 is 0 Å². The van der Waals surface area contributed by atoms with Crippen LogP contribution in [0.2, 0.25) is 0 Å². The summed E-state index contributed by atoms with van der Waals surface area (Å²) < 4.78 is 10.5. The molecule has 2 aromatic rings. The lowest BCUT2D eigenvalue weighted by atomic mass is 10.0. The second-order valence-electron chi connectivity index (χ2n) is 5.94. The Morgan fingerprint density at radius 3 is 2.54 bits per heavy atom. The fourth-order valence-electron chi connectivity index (χ4n) is 2.48. The van der Waals surface area contributed by atoms with Crippen molar-refractivity contribution in [3.63, 3.8) is 0 Å². The third-order valence-corrected chi connectivity index (χ3v) is 3.83. The van der Waals surface area contributed by atoms with Crippen molar-refractivity contribution in [2.45, 2.75) is 26.7 Å². The van der Waals surface area contributed by atoms with Crippen LogP contribution in [0.5, 0.6) is 11.5 Å². The number of hydrogen-bond donors (Lipinski definition) is 1. The lowest BCUT2D eigenvalue weighted by molar-refractivity contribution is -0.385. The van der Waals surface area contributed by atoms with Crippen LogP contribution in [-0.2, 0) is 0 Å². The van der Waals surface area contributed by atoms with Gasteiger partial charge in [-0.2, -0.15) is 0 Å². The number of nitro groups is 1. The average molecular weight is 358 g/mol. The van der Waals surface area contributed by atoms with E-state index in [1.807, 2.05) is 32.0 Å². The van der Waals surface area contributed by atoms with Crippen LogP contribution < -0.4 is 14.8 Å².